The van der Waals surface area contributed by atoms with Crippen molar-refractivity contribution in [2.24, 2.45) is 0 Å². The third-order valence-corrected chi connectivity index (χ3v) is 2.56. The Morgan fingerprint density at radius 2 is 1.73 bits per heavy atom. The lowest BCUT2D eigenvalue weighted by atomic mass is 9.93. The van der Waals surface area contributed by atoms with Crippen LogP contribution in [0.3, 0.4) is 0 Å². The first kappa shape index (κ1) is 11.6. The number of rotatable bonds is 3. The lowest BCUT2D eigenvalue weighted by Crippen LogP contribution is -2.05. The van der Waals surface area contributed by atoms with Gasteiger partial charge in [-0.3, -0.25) is 9.59 Å². The van der Waals surface area contributed by atoms with Gasteiger partial charge in [-0.15, -0.1) is 0 Å². The van der Waals surface area contributed by atoms with Crippen LogP contribution in [0.15, 0.2) is 12.1 Å². The van der Waals surface area contributed by atoms with Crippen molar-refractivity contribution in [1.29, 1.82) is 0 Å². The fourth-order valence-electron chi connectivity index (χ4n) is 1.85. The summed E-state index contributed by atoms with van der Waals surface area (Å²) < 4.78 is 0. The average molecular weight is 204 g/mol. The summed E-state index contributed by atoms with van der Waals surface area (Å²) in [5.41, 5.74) is 3.32. The predicted octanol–water partition coefficient (Wildman–Crippen LogP) is 2.96. The summed E-state index contributed by atoms with van der Waals surface area (Å²) >= 11 is 0. The fourth-order valence-corrected chi connectivity index (χ4v) is 1.85. The Bertz CT molecular complexity index is 417. The summed E-state index contributed by atoms with van der Waals surface area (Å²) in [6.45, 7) is 6.98. The quantitative estimate of drug-likeness (QED) is 0.709. The molecular weight excluding hydrogens is 188 g/mol. The molecule has 0 aliphatic carbocycles. The van der Waals surface area contributed by atoms with Crippen molar-refractivity contribution < 1.29 is 9.59 Å². The maximum absolute atomic E-state index is 11.4. The molecule has 0 bridgehead atoms. The van der Waals surface area contributed by atoms with Gasteiger partial charge in [-0.05, 0) is 50.5 Å². The molecule has 0 heterocycles. The van der Waals surface area contributed by atoms with Gasteiger partial charge in [-0.1, -0.05) is 6.92 Å². The molecule has 0 aliphatic rings. The van der Waals surface area contributed by atoms with Crippen LogP contribution in [0.4, 0.5) is 0 Å². The third-order valence-electron chi connectivity index (χ3n) is 2.56. The molecule has 2 nitrogen and oxygen atoms in total. The van der Waals surface area contributed by atoms with E-state index in [1.165, 1.54) is 0 Å². The smallest absolute Gasteiger partial charge is 0.160 e. The maximum atomic E-state index is 11.4. The topological polar surface area (TPSA) is 34.1 Å². The molecule has 1 aromatic carbocycles. The minimum Gasteiger partial charge on any atom is -0.295 e. The highest BCUT2D eigenvalue weighted by molar-refractivity contribution is 6.00. The Morgan fingerprint density at radius 1 is 1.13 bits per heavy atom. The number of Topliss-reactive ketones (excluding diaryl/α,β-unsaturated/α-hetero) is 2. The van der Waals surface area contributed by atoms with Gasteiger partial charge in [-0.2, -0.15) is 0 Å². The number of carbonyl (C=O) groups is 2. The number of hydrogen-bond acceptors (Lipinski definition) is 2. The minimum absolute atomic E-state index is 0.0444. The monoisotopic (exact) mass is 204 g/mol. The number of ketones is 2. The van der Waals surface area contributed by atoms with Crippen LogP contribution in [0.2, 0.25) is 0 Å². The second kappa shape index (κ2) is 4.39. The van der Waals surface area contributed by atoms with Crippen LogP contribution in [0.5, 0.6) is 0 Å². The largest absolute Gasteiger partial charge is 0.295 e. The third kappa shape index (κ3) is 2.32. The SMILES string of the molecule is CCc1cc(C(C)=O)cc(C)c1C(C)=O. The van der Waals surface area contributed by atoms with E-state index in [0.717, 1.165) is 23.1 Å². The van der Waals surface area contributed by atoms with Crippen LogP contribution >= 0.6 is 0 Å². The first-order valence-corrected chi connectivity index (χ1v) is 5.12. The minimum atomic E-state index is 0.0444. The molecular formula is C13H16O2. The van der Waals surface area contributed by atoms with Gasteiger partial charge in [0.1, 0.15) is 0 Å². The lowest BCUT2D eigenvalue weighted by Gasteiger charge is -2.10. The zero-order valence-electron chi connectivity index (χ0n) is 9.68. The summed E-state index contributed by atoms with van der Waals surface area (Å²) in [6, 6.07) is 3.62. The molecule has 0 saturated heterocycles. The maximum Gasteiger partial charge on any atom is 0.160 e. The van der Waals surface area contributed by atoms with Crippen LogP contribution in [-0.2, 0) is 6.42 Å². The van der Waals surface area contributed by atoms with Gasteiger partial charge in [-0.25, -0.2) is 0 Å². The molecule has 1 rings (SSSR count). The molecule has 0 fully saturated rings. The molecule has 0 aromatic heterocycles. The molecule has 80 valence electrons. The average Bonchev–Trinajstić information content (AvgIpc) is 2.15. The summed E-state index contributed by atoms with van der Waals surface area (Å²) in [5, 5.41) is 0. The number of benzene rings is 1. The van der Waals surface area contributed by atoms with E-state index in [-0.39, 0.29) is 11.6 Å². The first-order valence-electron chi connectivity index (χ1n) is 5.12. The van der Waals surface area contributed by atoms with Crippen molar-refractivity contribution in [3.8, 4) is 0 Å². The Morgan fingerprint density at radius 3 is 2.13 bits per heavy atom. The van der Waals surface area contributed by atoms with Crippen LogP contribution in [0.1, 0.15) is 52.6 Å². The Kier molecular flexibility index (Phi) is 3.40. The summed E-state index contributed by atoms with van der Waals surface area (Å²) in [4.78, 5) is 22.7. The summed E-state index contributed by atoms with van der Waals surface area (Å²) in [6.07, 6.45) is 0.775. The van der Waals surface area contributed by atoms with E-state index in [1.54, 1.807) is 19.9 Å². The molecule has 0 spiro atoms. The van der Waals surface area contributed by atoms with Crippen molar-refractivity contribution in [3.05, 3.63) is 34.4 Å². The molecule has 0 atom stereocenters. The standard InChI is InChI=1S/C13H16O2/c1-5-11-7-12(9(3)14)6-8(2)13(11)10(4)15/h6-7H,5H2,1-4H3. The van der Waals surface area contributed by atoms with Gasteiger partial charge in [0.25, 0.3) is 0 Å². The van der Waals surface area contributed by atoms with Crippen LogP contribution in [0.25, 0.3) is 0 Å². The van der Waals surface area contributed by atoms with E-state index in [4.69, 9.17) is 0 Å². The molecule has 1 aromatic rings. The predicted molar refractivity (Wildman–Crippen MR) is 60.6 cm³/mol. The number of aryl methyl sites for hydroxylation is 2. The van der Waals surface area contributed by atoms with Gasteiger partial charge >= 0.3 is 0 Å². The molecule has 15 heavy (non-hydrogen) atoms. The van der Waals surface area contributed by atoms with E-state index < -0.39 is 0 Å². The van der Waals surface area contributed by atoms with E-state index in [2.05, 4.69) is 0 Å². The van der Waals surface area contributed by atoms with E-state index in [9.17, 15) is 9.59 Å². The second-order valence-corrected chi connectivity index (χ2v) is 3.79. The van der Waals surface area contributed by atoms with Crippen LogP contribution in [-0.4, -0.2) is 11.6 Å². The Labute approximate surface area is 90.3 Å². The van der Waals surface area contributed by atoms with Crippen LogP contribution < -0.4 is 0 Å². The van der Waals surface area contributed by atoms with Crippen molar-refractivity contribution in [1.82, 2.24) is 0 Å². The highest BCUT2D eigenvalue weighted by Crippen LogP contribution is 2.19. The van der Waals surface area contributed by atoms with Crippen molar-refractivity contribution in [3.63, 3.8) is 0 Å². The van der Waals surface area contributed by atoms with Gasteiger partial charge < -0.3 is 0 Å². The fraction of sp³-hybridized carbons (Fsp3) is 0.385. The Hall–Kier alpha value is -1.44. The zero-order chi connectivity index (χ0) is 11.6. The summed E-state index contributed by atoms with van der Waals surface area (Å²) in [5.74, 6) is 0.113. The molecule has 0 saturated carbocycles. The lowest BCUT2D eigenvalue weighted by molar-refractivity contribution is 0.1000. The van der Waals surface area contributed by atoms with Gasteiger partial charge in [0.15, 0.2) is 11.6 Å². The van der Waals surface area contributed by atoms with Crippen molar-refractivity contribution >= 4 is 11.6 Å². The first-order chi connectivity index (χ1) is 6.97. The Balaban J connectivity index is 3.43. The summed E-state index contributed by atoms with van der Waals surface area (Å²) in [7, 11) is 0. The number of hydrogen-bond donors (Lipinski definition) is 0. The highest BCUT2D eigenvalue weighted by atomic mass is 16.1. The van der Waals surface area contributed by atoms with Gasteiger partial charge in [0.2, 0.25) is 0 Å². The van der Waals surface area contributed by atoms with Crippen molar-refractivity contribution in [2.45, 2.75) is 34.1 Å². The van der Waals surface area contributed by atoms with Crippen LogP contribution in [0, 0.1) is 6.92 Å². The molecule has 0 unspecified atom stereocenters. The zero-order valence-corrected chi connectivity index (χ0v) is 9.68. The van der Waals surface area contributed by atoms with E-state index in [1.807, 2.05) is 19.9 Å². The van der Waals surface area contributed by atoms with Crippen molar-refractivity contribution in [2.75, 3.05) is 0 Å². The second-order valence-electron chi connectivity index (χ2n) is 3.79. The molecule has 0 N–H and O–H groups in total. The molecule has 0 radical (unpaired) electrons. The molecule has 0 amide bonds. The molecule has 0 aliphatic heterocycles. The van der Waals surface area contributed by atoms with E-state index >= 15 is 0 Å². The highest BCUT2D eigenvalue weighted by Gasteiger charge is 2.12. The van der Waals surface area contributed by atoms with Gasteiger partial charge in [0.05, 0.1) is 0 Å². The normalized spacial score (nSPS) is 10.1. The number of carbonyl (C=O) groups excluding carboxylic acids is 2. The molecule has 2 heteroatoms. The van der Waals surface area contributed by atoms with Gasteiger partial charge in [0, 0.05) is 11.1 Å². The van der Waals surface area contributed by atoms with E-state index in [0.29, 0.717) is 5.56 Å².